The van der Waals surface area contributed by atoms with Gasteiger partial charge in [-0.2, -0.15) is 4.31 Å². The molecular formula is C14H20N2O4S2. The Bertz CT molecular complexity index is 670. The molecule has 1 aromatic rings. The summed E-state index contributed by atoms with van der Waals surface area (Å²) in [5.74, 6) is 0.0583. The minimum atomic E-state index is -3.22. The number of thiophene rings is 1. The van der Waals surface area contributed by atoms with Crippen molar-refractivity contribution in [3.63, 3.8) is 0 Å². The molecule has 8 heteroatoms. The molecule has 122 valence electrons. The zero-order valence-electron chi connectivity index (χ0n) is 12.7. The summed E-state index contributed by atoms with van der Waals surface area (Å²) in [6, 6.07) is 3.79. The molecule has 2 aliphatic heterocycles. The van der Waals surface area contributed by atoms with Crippen molar-refractivity contribution in [3.05, 3.63) is 21.9 Å². The van der Waals surface area contributed by atoms with Gasteiger partial charge in [-0.05, 0) is 19.1 Å². The van der Waals surface area contributed by atoms with Crippen molar-refractivity contribution in [2.45, 2.75) is 13.0 Å². The number of likely N-dealkylation sites (tertiary alicyclic amines) is 1. The Morgan fingerprint density at radius 3 is 2.73 bits per heavy atom. The van der Waals surface area contributed by atoms with E-state index in [1.165, 1.54) is 21.9 Å². The summed E-state index contributed by atoms with van der Waals surface area (Å²) in [5.41, 5.74) is 0. The molecule has 0 spiro atoms. The molecule has 22 heavy (non-hydrogen) atoms. The van der Waals surface area contributed by atoms with Crippen molar-refractivity contribution >= 4 is 27.3 Å². The third-order valence-electron chi connectivity index (χ3n) is 4.20. The lowest BCUT2D eigenvalue weighted by Gasteiger charge is -2.21. The van der Waals surface area contributed by atoms with E-state index in [4.69, 9.17) is 4.74 Å². The number of ether oxygens (including phenoxy) is 1. The molecule has 1 amide bonds. The second kappa shape index (κ2) is 5.92. The predicted octanol–water partition coefficient (Wildman–Crippen LogP) is 0.789. The molecule has 3 heterocycles. The number of rotatable bonds is 2. The minimum absolute atomic E-state index is 0.0145. The Hall–Kier alpha value is -0.960. The molecule has 0 N–H and O–H groups in total. The van der Waals surface area contributed by atoms with Crippen molar-refractivity contribution in [2.75, 3.05) is 39.0 Å². The van der Waals surface area contributed by atoms with Crippen molar-refractivity contribution in [1.82, 2.24) is 9.21 Å². The van der Waals surface area contributed by atoms with Crippen LogP contribution in [-0.4, -0.2) is 68.7 Å². The van der Waals surface area contributed by atoms with E-state index in [-0.39, 0.29) is 17.9 Å². The number of carbonyl (C=O) groups is 1. The average Bonchev–Trinajstić information content (AvgIpc) is 2.98. The first-order valence-corrected chi connectivity index (χ1v) is 9.93. The molecule has 3 rings (SSSR count). The number of sulfonamides is 1. The standard InChI is InChI=1S/C14H20N2O4S2/c1-10-3-4-13(21-10)14(17)15-7-11-8-16(22(2,18)19)5-6-20-12(11)9-15/h3-4,11-12H,5-9H2,1-2H3/t11-,12-/m1/s1. The summed E-state index contributed by atoms with van der Waals surface area (Å²) < 4.78 is 30.8. The van der Waals surface area contributed by atoms with E-state index in [1.807, 2.05) is 19.1 Å². The van der Waals surface area contributed by atoms with Crippen molar-refractivity contribution in [3.8, 4) is 0 Å². The zero-order valence-corrected chi connectivity index (χ0v) is 14.3. The number of aryl methyl sites for hydroxylation is 1. The third kappa shape index (κ3) is 3.19. The Morgan fingerprint density at radius 2 is 2.09 bits per heavy atom. The van der Waals surface area contributed by atoms with Crippen LogP contribution >= 0.6 is 11.3 Å². The lowest BCUT2D eigenvalue weighted by Crippen LogP contribution is -2.37. The molecule has 0 aromatic carbocycles. The molecule has 0 saturated carbocycles. The molecule has 0 bridgehead atoms. The van der Waals surface area contributed by atoms with E-state index >= 15 is 0 Å². The summed E-state index contributed by atoms with van der Waals surface area (Å²) in [6.07, 6.45) is 1.15. The van der Waals surface area contributed by atoms with Gasteiger partial charge in [-0.15, -0.1) is 11.3 Å². The number of nitrogens with zero attached hydrogens (tertiary/aromatic N) is 2. The molecule has 2 fully saturated rings. The molecule has 0 unspecified atom stereocenters. The number of fused-ring (bicyclic) bond motifs is 1. The van der Waals surface area contributed by atoms with Gasteiger partial charge in [0.25, 0.3) is 5.91 Å². The molecule has 1 aromatic heterocycles. The van der Waals surface area contributed by atoms with Crippen LogP contribution in [-0.2, 0) is 14.8 Å². The maximum atomic E-state index is 12.5. The summed E-state index contributed by atoms with van der Waals surface area (Å²) >= 11 is 1.49. The van der Waals surface area contributed by atoms with Crippen LogP contribution < -0.4 is 0 Å². The second-order valence-corrected chi connectivity index (χ2v) is 9.18. The summed E-state index contributed by atoms with van der Waals surface area (Å²) in [6.45, 7) is 4.27. The second-order valence-electron chi connectivity index (χ2n) is 5.91. The largest absolute Gasteiger partial charge is 0.375 e. The predicted molar refractivity (Wildman–Crippen MR) is 84.6 cm³/mol. The van der Waals surface area contributed by atoms with Crippen LogP contribution in [0.15, 0.2) is 12.1 Å². The first-order chi connectivity index (χ1) is 10.3. The maximum Gasteiger partial charge on any atom is 0.264 e. The number of amides is 1. The topological polar surface area (TPSA) is 66.9 Å². The molecule has 6 nitrogen and oxygen atoms in total. The number of carbonyl (C=O) groups excluding carboxylic acids is 1. The fraction of sp³-hybridized carbons (Fsp3) is 0.643. The highest BCUT2D eigenvalue weighted by Crippen LogP contribution is 2.27. The molecule has 0 radical (unpaired) electrons. The number of hydrogen-bond donors (Lipinski definition) is 0. The monoisotopic (exact) mass is 344 g/mol. The first-order valence-electron chi connectivity index (χ1n) is 7.27. The van der Waals surface area contributed by atoms with Crippen LogP contribution in [0.25, 0.3) is 0 Å². The minimum Gasteiger partial charge on any atom is -0.375 e. The van der Waals surface area contributed by atoms with Gasteiger partial charge in [0.1, 0.15) is 0 Å². The van der Waals surface area contributed by atoms with Gasteiger partial charge in [0.2, 0.25) is 10.0 Å². The van der Waals surface area contributed by atoms with Gasteiger partial charge in [0.05, 0.1) is 23.8 Å². The Balaban J connectivity index is 1.72. The normalized spacial score (nSPS) is 26.7. The van der Waals surface area contributed by atoms with Gasteiger partial charge in [-0.1, -0.05) is 0 Å². The third-order valence-corrected chi connectivity index (χ3v) is 6.46. The van der Waals surface area contributed by atoms with Crippen LogP contribution in [0.5, 0.6) is 0 Å². The molecule has 0 aliphatic carbocycles. The van der Waals surface area contributed by atoms with Crippen molar-refractivity contribution in [2.24, 2.45) is 5.92 Å². The summed E-state index contributed by atoms with van der Waals surface area (Å²) in [4.78, 5) is 16.1. The van der Waals surface area contributed by atoms with Gasteiger partial charge in [-0.25, -0.2) is 8.42 Å². The highest BCUT2D eigenvalue weighted by atomic mass is 32.2. The molecule has 2 atom stereocenters. The molecular weight excluding hydrogens is 324 g/mol. The van der Waals surface area contributed by atoms with Crippen LogP contribution in [0, 0.1) is 12.8 Å². The number of hydrogen-bond acceptors (Lipinski definition) is 5. The van der Waals surface area contributed by atoms with Gasteiger partial charge >= 0.3 is 0 Å². The fourth-order valence-electron chi connectivity index (χ4n) is 3.04. The average molecular weight is 344 g/mol. The quantitative estimate of drug-likeness (QED) is 0.795. The van der Waals surface area contributed by atoms with Crippen LogP contribution in [0.4, 0.5) is 0 Å². The summed E-state index contributed by atoms with van der Waals surface area (Å²) in [7, 11) is -3.22. The lowest BCUT2D eigenvalue weighted by atomic mass is 10.1. The smallest absolute Gasteiger partial charge is 0.264 e. The highest BCUT2D eigenvalue weighted by molar-refractivity contribution is 7.88. The van der Waals surface area contributed by atoms with Crippen LogP contribution in [0.1, 0.15) is 14.5 Å². The summed E-state index contributed by atoms with van der Waals surface area (Å²) in [5, 5.41) is 0. The van der Waals surface area contributed by atoms with E-state index in [1.54, 1.807) is 4.90 Å². The fourth-order valence-corrected chi connectivity index (χ4v) is 4.74. The highest BCUT2D eigenvalue weighted by Gasteiger charge is 2.40. The SMILES string of the molecule is Cc1ccc(C(=O)N2C[C@@H]3CN(S(C)(=O)=O)CCO[C@@H]3C2)s1. The van der Waals surface area contributed by atoms with Gasteiger partial charge < -0.3 is 9.64 Å². The lowest BCUT2D eigenvalue weighted by molar-refractivity contribution is 0.0493. The van der Waals surface area contributed by atoms with E-state index in [9.17, 15) is 13.2 Å². The maximum absolute atomic E-state index is 12.5. The molecule has 2 saturated heterocycles. The first kappa shape index (κ1) is 15.9. The van der Waals surface area contributed by atoms with E-state index < -0.39 is 10.0 Å². The van der Waals surface area contributed by atoms with Gasteiger partial charge in [-0.3, -0.25) is 4.79 Å². The van der Waals surface area contributed by atoms with Crippen LogP contribution in [0.2, 0.25) is 0 Å². The van der Waals surface area contributed by atoms with E-state index in [0.29, 0.717) is 32.8 Å². The molecule has 2 aliphatic rings. The van der Waals surface area contributed by atoms with Gasteiger partial charge in [0.15, 0.2) is 0 Å². The van der Waals surface area contributed by atoms with Crippen molar-refractivity contribution in [1.29, 1.82) is 0 Å². The van der Waals surface area contributed by atoms with E-state index in [0.717, 1.165) is 9.75 Å². The van der Waals surface area contributed by atoms with Crippen LogP contribution in [0.3, 0.4) is 0 Å². The van der Waals surface area contributed by atoms with Crippen molar-refractivity contribution < 1.29 is 17.9 Å². The Labute approximate surface area is 134 Å². The Morgan fingerprint density at radius 1 is 1.32 bits per heavy atom. The zero-order chi connectivity index (χ0) is 15.9. The Kier molecular flexibility index (Phi) is 4.28. The van der Waals surface area contributed by atoms with E-state index in [2.05, 4.69) is 0 Å². The van der Waals surface area contributed by atoms with Gasteiger partial charge in [0, 0.05) is 37.0 Å².